The molecule has 2 aromatic rings. The Balaban J connectivity index is 1.95. The number of hydrogen-bond donors (Lipinski definition) is 0. The third-order valence-electron chi connectivity index (χ3n) is 4.56. The van der Waals surface area contributed by atoms with E-state index in [1.807, 2.05) is 36.4 Å². The fourth-order valence-electron chi connectivity index (χ4n) is 3.33. The van der Waals surface area contributed by atoms with Gasteiger partial charge in [-0.05, 0) is 30.5 Å². The van der Waals surface area contributed by atoms with Crippen LogP contribution in [0.3, 0.4) is 0 Å². The number of rotatable bonds is 3. The molecule has 2 heterocycles. The molecule has 0 spiro atoms. The smallest absolute Gasteiger partial charge is 0.281 e. The molecule has 0 bridgehead atoms. The van der Waals surface area contributed by atoms with Gasteiger partial charge in [-0.25, -0.2) is 0 Å². The molecule has 5 heteroatoms. The Morgan fingerprint density at radius 2 is 1.64 bits per heavy atom. The number of para-hydroxylation sites is 1. The summed E-state index contributed by atoms with van der Waals surface area (Å²) in [5.74, 6) is 1.23. The van der Waals surface area contributed by atoms with E-state index in [2.05, 4.69) is 4.90 Å². The van der Waals surface area contributed by atoms with Gasteiger partial charge in [-0.15, -0.1) is 0 Å². The van der Waals surface area contributed by atoms with Crippen molar-refractivity contribution in [2.75, 3.05) is 13.1 Å². The van der Waals surface area contributed by atoms with Crippen LogP contribution < -0.4 is 4.74 Å². The van der Waals surface area contributed by atoms with Crippen molar-refractivity contribution in [1.29, 1.82) is 0 Å². The van der Waals surface area contributed by atoms with Crippen molar-refractivity contribution in [1.82, 2.24) is 4.90 Å². The van der Waals surface area contributed by atoms with Crippen LogP contribution in [-0.2, 0) is 0 Å². The number of likely N-dealkylation sites (tertiary alicyclic amines) is 1. The van der Waals surface area contributed by atoms with Crippen LogP contribution >= 0.6 is 0 Å². The number of hydrogen-bond acceptors (Lipinski definition) is 4. The average molecular weight is 334 g/mol. The van der Waals surface area contributed by atoms with E-state index in [0.717, 1.165) is 37.1 Å². The van der Waals surface area contributed by atoms with Crippen molar-refractivity contribution in [2.45, 2.75) is 12.8 Å². The van der Waals surface area contributed by atoms with E-state index in [4.69, 9.17) is 4.74 Å². The Labute approximate surface area is 146 Å². The molecule has 0 N–H and O–H groups in total. The maximum absolute atomic E-state index is 11.7. The molecule has 0 amide bonds. The summed E-state index contributed by atoms with van der Waals surface area (Å²) < 4.78 is 6.24. The lowest BCUT2D eigenvalue weighted by molar-refractivity contribution is -0.375. The SMILES string of the molecule is O=[N+]([O-])C1=CC(c2ccccc2)=C(N2CCCC2)Oc2ccccc21. The first kappa shape index (κ1) is 15.4. The number of allylic oxidation sites excluding steroid dienone is 2. The Kier molecular flexibility index (Phi) is 3.98. The number of ether oxygens (including phenoxy) is 1. The summed E-state index contributed by atoms with van der Waals surface area (Å²) >= 11 is 0. The molecule has 0 aromatic heterocycles. The van der Waals surface area contributed by atoms with Gasteiger partial charge in [-0.3, -0.25) is 10.1 Å². The van der Waals surface area contributed by atoms with Crippen molar-refractivity contribution in [3.63, 3.8) is 0 Å². The molecule has 0 saturated carbocycles. The van der Waals surface area contributed by atoms with Crippen LogP contribution in [0.25, 0.3) is 11.3 Å². The zero-order valence-electron chi connectivity index (χ0n) is 13.7. The molecule has 1 fully saturated rings. The molecular weight excluding hydrogens is 316 g/mol. The normalized spacial score (nSPS) is 16.8. The highest BCUT2D eigenvalue weighted by Crippen LogP contribution is 2.37. The summed E-state index contributed by atoms with van der Waals surface area (Å²) in [7, 11) is 0. The Bertz CT molecular complexity index is 866. The van der Waals surface area contributed by atoms with Gasteiger partial charge in [0, 0.05) is 24.7 Å². The maximum Gasteiger partial charge on any atom is 0.281 e. The fraction of sp³-hybridized carbons (Fsp3) is 0.200. The molecule has 0 aliphatic carbocycles. The summed E-state index contributed by atoms with van der Waals surface area (Å²) in [6.45, 7) is 1.80. The topological polar surface area (TPSA) is 55.6 Å². The van der Waals surface area contributed by atoms with Crippen molar-refractivity contribution in [3.8, 4) is 5.75 Å². The predicted molar refractivity (Wildman–Crippen MR) is 96.2 cm³/mol. The Morgan fingerprint density at radius 1 is 0.960 bits per heavy atom. The molecule has 126 valence electrons. The molecule has 2 aliphatic rings. The van der Waals surface area contributed by atoms with Gasteiger partial charge in [-0.2, -0.15) is 0 Å². The highest BCUT2D eigenvalue weighted by Gasteiger charge is 2.29. The minimum atomic E-state index is -0.335. The van der Waals surface area contributed by atoms with Crippen LogP contribution in [0.2, 0.25) is 0 Å². The Hall–Kier alpha value is -3.08. The van der Waals surface area contributed by atoms with Gasteiger partial charge in [0.25, 0.3) is 5.70 Å². The van der Waals surface area contributed by atoms with Gasteiger partial charge in [-0.1, -0.05) is 42.5 Å². The zero-order chi connectivity index (χ0) is 17.2. The zero-order valence-corrected chi connectivity index (χ0v) is 13.7. The second kappa shape index (κ2) is 6.43. The fourth-order valence-corrected chi connectivity index (χ4v) is 3.33. The number of nitrogens with zero attached hydrogens (tertiary/aromatic N) is 2. The molecule has 1 saturated heterocycles. The number of fused-ring (bicyclic) bond motifs is 1. The van der Waals surface area contributed by atoms with Crippen molar-refractivity contribution in [2.24, 2.45) is 0 Å². The lowest BCUT2D eigenvalue weighted by Crippen LogP contribution is -2.23. The highest BCUT2D eigenvalue weighted by molar-refractivity contribution is 5.85. The quantitative estimate of drug-likeness (QED) is 0.625. The van der Waals surface area contributed by atoms with Crippen molar-refractivity contribution >= 4 is 11.3 Å². The average Bonchev–Trinajstić information content (AvgIpc) is 3.11. The molecule has 2 aromatic carbocycles. The largest absolute Gasteiger partial charge is 0.440 e. The van der Waals surface area contributed by atoms with Crippen LogP contribution in [0.4, 0.5) is 0 Å². The van der Waals surface area contributed by atoms with Crippen LogP contribution in [0.15, 0.2) is 66.6 Å². The summed E-state index contributed by atoms with van der Waals surface area (Å²) in [5.41, 5.74) is 2.24. The standard InChI is InChI=1S/C20H18N2O3/c23-22(24)18-14-17(15-8-2-1-3-9-15)20(21-12-6-7-13-21)25-19-11-5-4-10-16(18)19/h1-5,8-11,14H,6-7,12-13H2. The third kappa shape index (κ3) is 2.89. The second-order valence-electron chi connectivity index (χ2n) is 6.16. The van der Waals surface area contributed by atoms with Crippen LogP contribution in [0.5, 0.6) is 5.75 Å². The summed E-state index contributed by atoms with van der Waals surface area (Å²) in [6, 6.07) is 16.9. The van der Waals surface area contributed by atoms with E-state index in [1.54, 1.807) is 24.3 Å². The number of nitro groups is 1. The van der Waals surface area contributed by atoms with Gasteiger partial charge in [0.05, 0.1) is 10.5 Å². The predicted octanol–water partition coefficient (Wildman–Crippen LogP) is 4.16. The summed E-state index contributed by atoms with van der Waals surface area (Å²) in [4.78, 5) is 13.6. The molecule has 0 unspecified atom stereocenters. The first-order chi connectivity index (χ1) is 12.2. The van der Waals surface area contributed by atoms with Gasteiger partial charge < -0.3 is 9.64 Å². The van der Waals surface area contributed by atoms with Crippen molar-refractivity contribution < 1.29 is 9.66 Å². The first-order valence-electron chi connectivity index (χ1n) is 8.42. The molecule has 0 atom stereocenters. The van der Waals surface area contributed by atoms with E-state index < -0.39 is 0 Å². The minimum Gasteiger partial charge on any atom is -0.440 e. The van der Waals surface area contributed by atoms with Gasteiger partial charge in [0.2, 0.25) is 5.88 Å². The van der Waals surface area contributed by atoms with Crippen LogP contribution in [-0.4, -0.2) is 22.9 Å². The second-order valence-corrected chi connectivity index (χ2v) is 6.16. The monoisotopic (exact) mass is 334 g/mol. The summed E-state index contributed by atoms with van der Waals surface area (Å²) in [6.07, 6.45) is 3.85. The van der Waals surface area contributed by atoms with Gasteiger partial charge in [0.1, 0.15) is 5.75 Å². The van der Waals surface area contributed by atoms with E-state index >= 15 is 0 Å². The lowest BCUT2D eigenvalue weighted by Gasteiger charge is -2.23. The van der Waals surface area contributed by atoms with E-state index in [-0.39, 0.29) is 10.6 Å². The molecular formula is C20H18N2O3. The van der Waals surface area contributed by atoms with E-state index in [9.17, 15) is 10.1 Å². The third-order valence-corrected chi connectivity index (χ3v) is 4.56. The lowest BCUT2D eigenvalue weighted by atomic mass is 10.0. The molecule has 25 heavy (non-hydrogen) atoms. The number of benzene rings is 2. The van der Waals surface area contributed by atoms with Gasteiger partial charge >= 0.3 is 0 Å². The molecule has 5 nitrogen and oxygen atoms in total. The molecule has 0 radical (unpaired) electrons. The van der Waals surface area contributed by atoms with Gasteiger partial charge in [0.15, 0.2) is 0 Å². The van der Waals surface area contributed by atoms with E-state index in [0.29, 0.717) is 17.2 Å². The highest BCUT2D eigenvalue weighted by atomic mass is 16.6. The van der Waals surface area contributed by atoms with Crippen LogP contribution in [0.1, 0.15) is 24.0 Å². The Morgan fingerprint density at radius 3 is 2.36 bits per heavy atom. The molecule has 4 rings (SSSR count). The minimum absolute atomic E-state index is 0.0589. The van der Waals surface area contributed by atoms with E-state index in [1.165, 1.54) is 0 Å². The summed E-state index contributed by atoms with van der Waals surface area (Å²) in [5, 5.41) is 11.7. The first-order valence-corrected chi connectivity index (χ1v) is 8.42. The molecule has 2 aliphatic heterocycles. The maximum atomic E-state index is 11.7. The van der Waals surface area contributed by atoms with Crippen molar-refractivity contribution in [3.05, 3.63) is 87.8 Å². The van der Waals surface area contributed by atoms with Crippen LogP contribution in [0, 0.1) is 10.1 Å².